The molecule has 2 N–H and O–H groups in total. The van der Waals surface area contributed by atoms with Crippen molar-refractivity contribution in [3.63, 3.8) is 0 Å². The fourth-order valence-corrected chi connectivity index (χ4v) is 5.88. The number of carbonyl (C=O) groups is 3. The van der Waals surface area contributed by atoms with Crippen LogP contribution in [-0.2, 0) is 22.6 Å². The summed E-state index contributed by atoms with van der Waals surface area (Å²) in [6.45, 7) is 5.20. The first kappa shape index (κ1) is 21.6. The molecule has 32 heavy (non-hydrogen) atoms. The molecule has 1 aromatic rings. The highest BCUT2D eigenvalue weighted by Crippen LogP contribution is 2.48. The van der Waals surface area contributed by atoms with Crippen LogP contribution in [0.15, 0.2) is 18.2 Å². The monoisotopic (exact) mass is 437 g/mol. The Bertz CT molecular complexity index is 938. The van der Waals surface area contributed by atoms with Gasteiger partial charge in [-0.25, -0.2) is 0 Å². The maximum atomic E-state index is 12.9. The Balaban J connectivity index is 1.27. The van der Waals surface area contributed by atoms with Gasteiger partial charge in [-0.05, 0) is 74.0 Å². The number of rotatable bonds is 6. The largest absolute Gasteiger partial charge is 0.322 e. The number of hydrogen-bond donors (Lipinski definition) is 2. The van der Waals surface area contributed by atoms with Crippen molar-refractivity contribution in [2.75, 3.05) is 0 Å². The summed E-state index contributed by atoms with van der Waals surface area (Å²) in [6, 6.07) is 6.79. The molecule has 3 fully saturated rings. The second-order valence-electron chi connectivity index (χ2n) is 10.8. The first-order valence-corrected chi connectivity index (χ1v) is 12.4. The number of piperidine rings is 1. The molecule has 4 aliphatic rings. The second-order valence-corrected chi connectivity index (χ2v) is 10.8. The lowest BCUT2D eigenvalue weighted by Gasteiger charge is -2.36. The van der Waals surface area contributed by atoms with Gasteiger partial charge < -0.3 is 10.2 Å². The van der Waals surface area contributed by atoms with E-state index in [1.807, 2.05) is 6.07 Å². The summed E-state index contributed by atoms with van der Waals surface area (Å²) in [7, 11) is 0. The Labute approximate surface area is 190 Å². The van der Waals surface area contributed by atoms with Gasteiger partial charge in [-0.2, -0.15) is 0 Å². The fourth-order valence-electron chi connectivity index (χ4n) is 5.88. The van der Waals surface area contributed by atoms with E-state index < -0.39 is 6.04 Å². The topological polar surface area (TPSA) is 78.5 Å². The molecule has 2 aliphatic heterocycles. The molecule has 6 heteroatoms. The van der Waals surface area contributed by atoms with Crippen LogP contribution in [-0.4, -0.2) is 40.7 Å². The van der Waals surface area contributed by atoms with Gasteiger partial charge in [0.25, 0.3) is 5.91 Å². The smallest absolute Gasteiger partial charge is 0.255 e. The molecule has 1 aromatic carbocycles. The molecule has 5 rings (SSSR count). The van der Waals surface area contributed by atoms with Gasteiger partial charge >= 0.3 is 0 Å². The molecule has 4 atom stereocenters. The average molecular weight is 438 g/mol. The molecule has 1 unspecified atom stereocenters. The van der Waals surface area contributed by atoms with E-state index in [0.29, 0.717) is 41.9 Å². The van der Waals surface area contributed by atoms with Gasteiger partial charge in [0.2, 0.25) is 11.8 Å². The summed E-state index contributed by atoms with van der Waals surface area (Å²) >= 11 is 0. The minimum atomic E-state index is -0.548. The number of nitrogens with one attached hydrogen (secondary N) is 2. The highest BCUT2D eigenvalue weighted by Gasteiger charge is 2.44. The molecule has 0 radical (unpaired) electrons. The third-order valence-corrected chi connectivity index (χ3v) is 8.54. The van der Waals surface area contributed by atoms with Crippen molar-refractivity contribution in [3.05, 3.63) is 34.9 Å². The molecule has 2 aliphatic carbocycles. The summed E-state index contributed by atoms with van der Waals surface area (Å²) in [6.07, 6.45) is 9.48. The van der Waals surface area contributed by atoms with Gasteiger partial charge in [0.1, 0.15) is 6.04 Å². The normalized spacial score (nSPS) is 30.1. The number of amides is 3. The van der Waals surface area contributed by atoms with Crippen LogP contribution in [0.1, 0.15) is 86.7 Å². The molecular weight excluding hydrogens is 402 g/mol. The van der Waals surface area contributed by atoms with Crippen molar-refractivity contribution in [2.45, 2.75) is 96.3 Å². The van der Waals surface area contributed by atoms with Gasteiger partial charge in [0.05, 0.1) is 0 Å². The van der Waals surface area contributed by atoms with Crippen LogP contribution in [0.3, 0.4) is 0 Å². The molecule has 1 saturated heterocycles. The van der Waals surface area contributed by atoms with Crippen molar-refractivity contribution in [3.8, 4) is 0 Å². The maximum Gasteiger partial charge on any atom is 0.255 e. The van der Waals surface area contributed by atoms with Crippen LogP contribution in [0.2, 0.25) is 0 Å². The number of fused-ring (bicyclic) bond motifs is 1. The molecule has 0 spiro atoms. The minimum Gasteiger partial charge on any atom is -0.322 e. The van der Waals surface area contributed by atoms with E-state index in [2.05, 4.69) is 36.6 Å². The zero-order valence-corrected chi connectivity index (χ0v) is 19.3. The van der Waals surface area contributed by atoms with E-state index >= 15 is 0 Å². The number of nitrogens with zero attached hydrogens (tertiary/aromatic N) is 1. The Morgan fingerprint density at radius 1 is 1.16 bits per heavy atom. The summed E-state index contributed by atoms with van der Waals surface area (Å²) in [4.78, 5) is 38.3. The van der Waals surface area contributed by atoms with Crippen LogP contribution < -0.4 is 10.6 Å². The summed E-state index contributed by atoms with van der Waals surface area (Å²) in [5.41, 5.74) is 3.48. The van der Waals surface area contributed by atoms with Gasteiger partial charge in [0.15, 0.2) is 0 Å². The van der Waals surface area contributed by atoms with Crippen molar-refractivity contribution in [1.82, 2.24) is 15.5 Å². The first-order chi connectivity index (χ1) is 15.3. The molecule has 2 saturated carbocycles. The first-order valence-electron chi connectivity index (χ1n) is 12.4. The Kier molecular flexibility index (Phi) is 5.60. The molecule has 3 amide bonds. The number of benzene rings is 1. The number of hydrogen-bond acceptors (Lipinski definition) is 4. The van der Waals surface area contributed by atoms with E-state index in [1.165, 1.54) is 44.1 Å². The highest BCUT2D eigenvalue weighted by atomic mass is 16.2. The van der Waals surface area contributed by atoms with Crippen LogP contribution in [0.5, 0.6) is 0 Å². The molecule has 172 valence electrons. The minimum absolute atomic E-state index is 0.0928. The van der Waals surface area contributed by atoms with Gasteiger partial charge in [0, 0.05) is 30.6 Å². The maximum absolute atomic E-state index is 12.9. The predicted octanol–water partition coefficient (Wildman–Crippen LogP) is 3.33. The van der Waals surface area contributed by atoms with E-state index in [9.17, 15) is 14.4 Å². The summed E-state index contributed by atoms with van der Waals surface area (Å²) < 4.78 is 0. The molecule has 0 bridgehead atoms. The van der Waals surface area contributed by atoms with Gasteiger partial charge in [-0.1, -0.05) is 31.9 Å². The lowest BCUT2D eigenvalue weighted by molar-refractivity contribution is -0.136. The third-order valence-electron chi connectivity index (χ3n) is 8.54. The van der Waals surface area contributed by atoms with E-state index in [1.54, 1.807) is 4.90 Å². The second kappa shape index (κ2) is 8.29. The van der Waals surface area contributed by atoms with E-state index in [0.717, 1.165) is 12.0 Å². The number of imide groups is 1. The Hall–Kier alpha value is -2.21. The van der Waals surface area contributed by atoms with Crippen LogP contribution in [0.25, 0.3) is 0 Å². The SMILES string of the molecule is C[C@H](N[C@H]1CCCC[C@@H]1Cc1ccc2c(c1)CN(C1CCC(=O)NC1=O)C2=O)C1(C)CC1. The molecule has 0 aromatic heterocycles. The van der Waals surface area contributed by atoms with Crippen LogP contribution in [0, 0.1) is 11.3 Å². The van der Waals surface area contributed by atoms with Crippen molar-refractivity contribution < 1.29 is 14.4 Å². The fraction of sp³-hybridized carbons (Fsp3) is 0.654. The van der Waals surface area contributed by atoms with Crippen molar-refractivity contribution in [1.29, 1.82) is 0 Å². The predicted molar refractivity (Wildman–Crippen MR) is 122 cm³/mol. The lowest BCUT2D eigenvalue weighted by atomic mass is 9.79. The summed E-state index contributed by atoms with van der Waals surface area (Å²) in [5, 5.41) is 6.35. The third kappa shape index (κ3) is 4.09. The highest BCUT2D eigenvalue weighted by molar-refractivity contribution is 6.05. The zero-order valence-electron chi connectivity index (χ0n) is 19.3. The van der Waals surface area contributed by atoms with Crippen molar-refractivity contribution in [2.24, 2.45) is 11.3 Å². The Morgan fingerprint density at radius 2 is 1.94 bits per heavy atom. The number of carbonyl (C=O) groups excluding carboxylic acids is 3. The standard InChI is InChI=1S/C26H35N3O3/c1-16(26(2)11-12-26)27-21-6-4-3-5-18(21)13-17-7-8-20-19(14-17)15-29(25(20)32)22-9-10-23(30)28-24(22)31/h7-8,14,16,18,21-22,27H,3-6,9-13,15H2,1-2H3,(H,28,30,31)/t16-,18+,21-,22?/m0/s1. The van der Waals surface area contributed by atoms with Crippen molar-refractivity contribution >= 4 is 17.7 Å². The van der Waals surface area contributed by atoms with Crippen LogP contribution in [0.4, 0.5) is 0 Å². The van der Waals surface area contributed by atoms with E-state index in [-0.39, 0.29) is 24.1 Å². The zero-order chi connectivity index (χ0) is 22.5. The molecule has 6 nitrogen and oxygen atoms in total. The molecular formula is C26H35N3O3. The molecule has 2 heterocycles. The van der Waals surface area contributed by atoms with Gasteiger partial charge in [-0.3, -0.25) is 19.7 Å². The average Bonchev–Trinajstić information content (AvgIpc) is 3.44. The van der Waals surface area contributed by atoms with E-state index in [4.69, 9.17) is 0 Å². The van der Waals surface area contributed by atoms with Crippen LogP contribution >= 0.6 is 0 Å². The quantitative estimate of drug-likeness (QED) is 0.669. The Morgan fingerprint density at radius 3 is 2.69 bits per heavy atom. The summed E-state index contributed by atoms with van der Waals surface area (Å²) in [5.74, 6) is -0.0738. The lowest BCUT2D eigenvalue weighted by Crippen LogP contribution is -2.52. The van der Waals surface area contributed by atoms with Gasteiger partial charge in [-0.15, -0.1) is 0 Å².